The van der Waals surface area contributed by atoms with Crippen molar-refractivity contribution in [2.24, 2.45) is 0 Å². The number of ether oxygens (including phenoxy) is 1. The van der Waals surface area contributed by atoms with Crippen LogP contribution in [0, 0.1) is 0 Å². The predicted molar refractivity (Wildman–Crippen MR) is 57.5 cm³/mol. The summed E-state index contributed by atoms with van der Waals surface area (Å²) in [5.74, 6) is -0.375. The zero-order valence-electron chi connectivity index (χ0n) is 8.23. The van der Waals surface area contributed by atoms with Crippen molar-refractivity contribution in [3.05, 3.63) is 36.0 Å². The molecule has 0 saturated heterocycles. The minimum absolute atomic E-state index is 0.375. The van der Waals surface area contributed by atoms with Crippen molar-refractivity contribution in [3.8, 4) is 0 Å². The number of anilines is 1. The van der Waals surface area contributed by atoms with E-state index in [4.69, 9.17) is 5.73 Å². The summed E-state index contributed by atoms with van der Waals surface area (Å²) >= 11 is 0. The number of pyridine rings is 1. The third-order valence-corrected chi connectivity index (χ3v) is 2.20. The largest absolute Gasteiger partial charge is 0.465 e. The third-order valence-electron chi connectivity index (χ3n) is 2.20. The molecule has 4 nitrogen and oxygen atoms in total. The van der Waals surface area contributed by atoms with Crippen LogP contribution in [0.2, 0.25) is 0 Å². The maximum Gasteiger partial charge on any atom is 0.337 e. The van der Waals surface area contributed by atoms with Gasteiger partial charge >= 0.3 is 5.97 Å². The Kier molecular flexibility index (Phi) is 2.25. The number of nitrogens with two attached hydrogens (primary N) is 1. The molecule has 0 aliphatic heterocycles. The molecule has 0 aliphatic rings. The van der Waals surface area contributed by atoms with Crippen LogP contribution < -0.4 is 5.73 Å². The Morgan fingerprint density at radius 1 is 1.40 bits per heavy atom. The number of aromatic nitrogens is 1. The fourth-order valence-corrected chi connectivity index (χ4v) is 1.41. The zero-order valence-corrected chi connectivity index (χ0v) is 8.23. The quantitative estimate of drug-likeness (QED) is 0.713. The summed E-state index contributed by atoms with van der Waals surface area (Å²) in [6.07, 6.45) is 1.63. The van der Waals surface area contributed by atoms with E-state index in [0.29, 0.717) is 11.3 Å². The molecule has 0 aliphatic carbocycles. The fraction of sp³-hybridized carbons (Fsp3) is 0.0909. The SMILES string of the molecule is COC(=O)c1ccc2nccc(N)c2c1. The number of nitrogen functional groups attached to an aromatic ring is 1. The van der Waals surface area contributed by atoms with Crippen molar-refractivity contribution in [3.63, 3.8) is 0 Å². The molecule has 1 aromatic carbocycles. The summed E-state index contributed by atoms with van der Waals surface area (Å²) < 4.78 is 4.62. The number of benzene rings is 1. The van der Waals surface area contributed by atoms with Crippen LogP contribution in [0.25, 0.3) is 10.9 Å². The molecule has 0 amide bonds. The molecule has 1 aromatic heterocycles. The van der Waals surface area contributed by atoms with E-state index < -0.39 is 0 Å². The van der Waals surface area contributed by atoms with E-state index in [0.717, 1.165) is 10.9 Å². The first-order valence-electron chi connectivity index (χ1n) is 4.45. The molecule has 76 valence electrons. The summed E-state index contributed by atoms with van der Waals surface area (Å²) in [6, 6.07) is 6.80. The molecule has 0 atom stereocenters. The van der Waals surface area contributed by atoms with Crippen molar-refractivity contribution in [2.45, 2.75) is 0 Å². The molecule has 4 heteroatoms. The first-order chi connectivity index (χ1) is 7.22. The molecule has 0 radical (unpaired) electrons. The van der Waals surface area contributed by atoms with Gasteiger partial charge in [-0.2, -0.15) is 0 Å². The maximum atomic E-state index is 11.3. The standard InChI is InChI=1S/C11H10N2O2/c1-15-11(14)7-2-3-10-8(6-7)9(12)4-5-13-10/h2-6H,1H3,(H2,12,13). The Morgan fingerprint density at radius 3 is 2.93 bits per heavy atom. The number of esters is 1. The van der Waals surface area contributed by atoms with Crippen molar-refractivity contribution in [2.75, 3.05) is 12.8 Å². The predicted octanol–water partition coefficient (Wildman–Crippen LogP) is 1.60. The van der Waals surface area contributed by atoms with Gasteiger partial charge in [0, 0.05) is 17.3 Å². The van der Waals surface area contributed by atoms with Gasteiger partial charge < -0.3 is 10.5 Å². The van der Waals surface area contributed by atoms with Gasteiger partial charge in [0.15, 0.2) is 0 Å². The van der Waals surface area contributed by atoms with Gasteiger partial charge in [-0.05, 0) is 24.3 Å². The van der Waals surface area contributed by atoms with E-state index >= 15 is 0 Å². The summed E-state index contributed by atoms with van der Waals surface area (Å²) in [5, 5.41) is 0.764. The molecule has 0 bridgehead atoms. The highest BCUT2D eigenvalue weighted by Gasteiger charge is 2.07. The lowest BCUT2D eigenvalue weighted by molar-refractivity contribution is 0.0601. The molecular formula is C11H10N2O2. The van der Waals surface area contributed by atoms with E-state index in [1.165, 1.54) is 7.11 Å². The van der Waals surface area contributed by atoms with E-state index in [-0.39, 0.29) is 5.97 Å². The van der Waals surface area contributed by atoms with Crippen molar-refractivity contribution in [1.82, 2.24) is 4.98 Å². The second-order valence-electron chi connectivity index (χ2n) is 3.12. The van der Waals surface area contributed by atoms with Gasteiger partial charge in [-0.15, -0.1) is 0 Å². The summed E-state index contributed by atoms with van der Waals surface area (Å²) in [6.45, 7) is 0. The molecule has 0 spiro atoms. The number of carbonyl (C=O) groups is 1. The Labute approximate surface area is 86.7 Å². The average molecular weight is 202 g/mol. The van der Waals surface area contributed by atoms with Gasteiger partial charge in [0.05, 0.1) is 18.2 Å². The highest BCUT2D eigenvalue weighted by Crippen LogP contribution is 2.20. The Bertz CT molecular complexity index is 523. The summed E-state index contributed by atoms with van der Waals surface area (Å²) in [5.41, 5.74) is 7.62. The number of rotatable bonds is 1. The number of nitrogens with zero attached hydrogens (tertiary/aromatic N) is 1. The third kappa shape index (κ3) is 1.61. The molecule has 2 N–H and O–H groups in total. The van der Waals surface area contributed by atoms with Crippen LogP contribution in [-0.2, 0) is 4.74 Å². The number of hydrogen-bond donors (Lipinski definition) is 1. The Balaban J connectivity index is 2.64. The number of fused-ring (bicyclic) bond motifs is 1. The van der Waals surface area contributed by atoms with Crippen LogP contribution in [0.3, 0.4) is 0 Å². The van der Waals surface area contributed by atoms with Gasteiger partial charge in [-0.1, -0.05) is 0 Å². The molecule has 2 aromatic rings. The van der Waals surface area contributed by atoms with Crippen molar-refractivity contribution < 1.29 is 9.53 Å². The lowest BCUT2D eigenvalue weighted by atomic mass is 10.1. The minimum atomic E-state index is -0.375. The maximum absolute atomic E-state index is 11.3. The monoisotopic (exact) mass is 202 g/mol. The van der Waals surface area contributed by atoms with E-state index in [1.807, 2.05) is 0 Å². The second kappa shape index (κ2) is 3.57. The van der Waals surface area contributed by atoms with E-state index in [1.54, 1.807) is 30.5 Å². The molecule has 15 heavy (non-hydrogen) atoms. The summed E-state index contributed by atoms with van der Waals surface area (Å²) in [4.78, 5) is 15.4. The molecule has 2 rings (SSSR count). The van der Waals surface area contributed by atoms with Gasteiger partial charge in [0.2, 0.25) is 0 Å². The van der Waals surface area contributed by atoms with Crippen LogP contribution in [0.1, 0.15) is 10.4 Å². The van der Waals surface area contributed by atoms with Crippen LogP contribution in [0.4, 0.5) is 5.69 Å². The smallest absolute Gasteiger partial charge is 0.337 e. The molecule has 0 fully saturated rings. The number of methoxy groups -OCH3 is 1. The summed E-state index contributed by atoms with van der Waals surface area (Å²) in [7, 11) is 1.35. The van der Waals surface area contributed by atoms with Gasteiger partial charge in [-0.3, -0.25) is 4.98 Å². The van der Waals surface area contributed by atoms with Crippen molar-refractivity contribution >= 4 is 22.6 Å². The second-order valence-corrected chi connectivity index (χ2v) is 3.12. The molecular weight excluding hydrogens is 192 g/mol. The minimum Gasteiger partial charge on any atom is -0.465 e. The van der Waals surface area contributed by atoms with Gasteiger partial charge in [0.1, 0.15) is 0 Å². The van der Waals surface area contributed by atoms with Crippen LogP contribution in [0.15, 0.2) is 30.5 Å². The Hall–Kier alpha value is -2.10. The molecule has 0 unspecified atom stereocenters. The average Bonchev–Trinajstić information content (AvgIpc) is 2.28. The molecule has 0 saturated carbocycles. The van der Waals surface area contributed by atoms with E-state index in [9.17, 15) is 4.79 Å². The highest BCUT2D eigenvalue weighted by molar-refractivity contribution is 5.98. The van der Waals surface area contributed by atoms with Gasteiger partial charge in [0.25, 0.3) is 0 Å². The van der Waals surface area contributed by atoms with Crippen LogP contribution in [0.5, 0.6) is 0 Å². The lowest BCUT2D eigenvalue weighted by Crippen LogP contribution is -2.01. The molecule has 1 heterocycles. The first kappa shape index (κ1) is 9.45. The zero-order chi connectivity index (χ0) is 10.8. The van der Waals surface area contributed by atoms with Crippen LogP contribution >= 0.6 is 0 Å². The van der Waals surface area contributed by atoms with Crippen molar-refractivity contribution in [1.29, 1.82) is 0 Å². The number of carbonyl (C=O) groups excluding carboxylic acids is 1. The first-order valence-corrected chi connectivity index (χ1v) is 4.45. The Morgan fingerprint density at radius 2 is 2.20 bits per heavy atom. The number of hydrogen-bond acceptors (Lipinski definition) is 4. The normalized spacial score (nSPS) is 10.2. The topological polar surface area (TPSA) is 65.2 Å². The van der Waals surface area contributed by atoms with Crippen LogP contribution in [-0.4, -0.2) is 18.1 Å². The lowest BCUT2D eigenvalue weighted by Gasteiger charge is -2.03. The van der Waals surface area contributed by atoms with Gasteiger partial charge in [-0.25, -0.2) is 4.79 Å². The van der Waals surface area contributed by atoms with E-state index in [2.05, 4.69) is 9.72 Å². The highest BCUT2D eigenvalue weighted by atomic mass is 16.5. The fourth-order valence-electron chi connectivity index (χ4n) is 1.41.